The van der Waals surface area contributed by atoms with Crippen LogP contribution in [0, 0.1) is 0 Å². The number of phosphoric acid groups is 1. The Morgan fingerprint density at radius 1 is 0.554 bits per heavy atom. The maximum Gasteiger partial charge on any atom is 0.472 e. The predicted octanol–water partition coefficient (Wildman–Crippen LogP) is 7.44. The Hall–Kier alpha value is -2.79. The van der Waals surface area contributed by atoms with Crippen LogP contribution in [0.5, 0.6) is 0 Å². The van der Waals surface area contributed by atoms with E-state index in [2.05, 4.69) is 68.5 Å². The number of carbonyl (C=O) groups is 2. The third-order valence-electron chi connectivity index (χ3n) is 10.7. The third-order valence-corrected chi connectivity index (χ3v) is 11.7. The largest absolute Gasteiger partial charge is 0.472 e. The molecule has 10 atom stereocenters. The van der Waals surface area contributed by atoms with Gasteiger partial charge in [-0.3, -0.25) is 18.6 Å². The van der Waals surface area contributed by atoms with E-state index in [-0.39, 0.29) is 32.1 Å². The average molecular weight is 943 g/mol. The molecule has 1 rings (SSSR count). The molecule has 0 radical (unpaired) electrons. The van der Waals surface area contributed by atoms with Crippen LogP contribution in [0.4, 0.5) is 0 Å². The lowest BCUT2D eigenvalue weighted by Gasteiger charge is -2.41. The number of aliphatic hydroxyl groups is 7. The molecule has 16 heteroatoms. The normalized spacial score (nSPS) is 23.0. The van der Waals surface area contributed by atoms with E-state index in [4.69, 9.17) is 18.5 Å². The van der Waals surface area contributed by atoms with Crippen LogP contribution in [0.25, 0.3) is 0 Å². The molecule has 1 fully saturated rings. The Morgan fingerprint density at radius 2 is 1.03 bits per heavy atom. The lowest BCUT2D eigenvalue weighted by Crippen LogP contribution is -2.64. The molecule has 65 heavy (non-hydrogen) atoms. The second-order valence-electron chi connectivity index (χ2n) is 16.5. The Morgan fingerprint density at radius 3 is 1.60 bits per heavy atom. The van der Waals surface area contributed by atoms with Gasteiger partial charge in [0.25, 0.3) is 0 Å². The summed E-state index contributed by atoms with van der Waals surface area (Å²) in [7, 11) is -5.20. The van der Waals surface area contributed by atoms with Gasteiger partial charge in [0.2, 0.25) is 0 Å². The highest BCUT2D eigenvalue weighted by Crippen LogP contribution is 2.47. The minimum absolute atomic E-state index is 0.0231. The number of hydrogen-bond acceptors (Lipinski definition) is 14. The fraction of sp³-hybridized carbons (Fsp3) is 0.714. The maximum atomic E-state index is 12.8. The van der Waals surface area contributed by atoms with Crippen molar-refractivity contribution in [3.63, 3.8) is 0 Å². The Labute approximate surface area is 388 Å². The molecular weight excluding hydrogens is 859 g/mol. The number of carbonyl (C=O) groups excluding carboxylic acids is 2. The van der Waals surface area contributed by atoms with Gasteiger partial charge in [0.1, 0.15) is 43.2 Å². The predicted molar refractivity (Wildman–Crippen MR) is 251 cm³/mol. The first-order valence-corrected chi connectivity index (χ1v) is 25.4. The molecule has 0 amide bonds. The fourth-order valence-electron chi connectivity index (χ4n) is 6.76. The summed E-state index contributed by atoms with van der Waals surface area (Å²) in [5, 5.41) is 71.0. The molecule has 0 aromatic carbocycles. The van der Waals surface area contributed by atoms with Crippen LogP contribution in [0.15, 0.2) is 72.9 Å². The number of phosphoric ester groups is 1. The van der Waals surface area contributed by atoms with Crippen molar-refractivity contribution in [2.45, 2.75) is 210 Å². The molecule has 8 N–H and O–H groups in total. The third kappa shape index (κ3) is 30.3. The summed E-state index contributed by atoms with van der Waals surface area (Å²) in [6.07, 6.45) is 26.7. The molecule has 1 saturated carbocycles. The highest BCUT2D eigenvalue weighted by molar-refractivity contribution is 7.47. The molecule has 0 bridgehead atoms. The summed E-state index contributed by atoms with van der Waals surface area (Å²) >= 11 is 0. The van der Waals surface area contributed by atoms with Crippen molar-refractivity contribution >= 4 is 19.8 Å². The van der Waals surface area contributed by atoms with Crippen LogP contribution < -0.4 is 0 Å². The van der Waals surface area contributed by atoms with Gasteiger partial charge < -0.3 is 50.1 Å². The first-order valence-electron chi connectivity index (χ1n) is 23.9. The zero-order chi connectivity index (χ0) is 48.1. The van der Waals surface area contributed by atoms with E-state index in [1.165, 1.54) is 19.3 Å². The number of allylic oxidation sites excluding steroid dienone is 11. The molecule has 0 aromatic rings. The summed E-state index contributed by atoms with van der Waals surface area (Å²) in [6.45, 7) is 2.89. The molecule has 0 aromatic heterocycles. The van der Waals surface area contributed by atoms with Crippen LogP contribution in [0.1, 0.15) is 155 Å². The number of unbranched alkanes of at least 4 members (excludes halogenated alkanes) is 10. The molecule has 15 nitrogen and oxygen atoms in total. The maximum absolute atomic E-state index is 12.8. The number of ether oxygens (including phenoxy) is 2. The zero-order valence-electron chi connectivity index (χ0n) is 39.0. The molecule has 374 valence electrons. The highest BCUT2D eigenvalue weighted by Gasteiger charge is 2.51. The molecule has 0 saturated heterocycles. The van der Waals surface area contributed by atoms with E-state index in [9.17, 15) is 54.8 Å². The van der Waals surface area contributed by atoms with Gasteiger partial charge in [0.15, 0.2) is 6.10 Å². The number of rotatable bonds is 38. The first-order chi connectivity index (χ1) is 31.2. The van der Waals surface area contributed by atoms with Gasteiger partial charge in [-0.1, -0.05) is 132 Å². The van der Waals surface area contributed by atoms with E-state index in [0.29, 0.717) is 12.8 Å². The number of hydrogen-bond donors (Lipinski definition) is 8. The van der Waals surface area contributed by atoms with Crippen molar-refractivity contribution in [3.8, 4) is 0 Å². The monoisotopic (exact) mass is 943 g/mol. The van der Waals surface area contributed by atoms with Gasteiger partial charge in [-0.05, 0) is 83.5 Å². The second-order valence-corrected chi connectivity index (χ2v) is 17.9. The average Bonchev–Trinajstić information content (AvgIpc) is 3.28. The van der Waals surface area contributed by atoms with Crippen molar-refractivity contribution in [2.24, 2.45) is 0 Å². The van der Waals surface area contributed by atoms with Gasteiger partial charge in [0, 0.05) is 12.8 Å². The summed E-state index contributed by atoms with van der Waals surface area (Å²) < 4.78 is 33.4. The SMILES string of the molecule is CC/C=C\C/C=C\C/C=C\C/C=C\C[C@H](O)[C@@H](O)CCCC(=O)OC[C@H](COP(=O)(O)OC1[C@H](O)[C@H](O)C(O)[C@H](O)[C@H]1O)OC(=O)CCCCCCCCC/C=C\C/C=C\CCCCC. The topological polar surface area (TPSA) is 250 Å². The van der Waals surface area contributed by atoms with Gasteiger partial charge in [-0.15, -0.1) is 0 Å². The highest BCUT2D eigenvalue weighted by atomic mass is 31.2. The van der Waals surface area contributed by atoms with Crippen molar-refractivity contribution in [3.05, 3.63) is 72.9 Å². The molecular formula is C49H83O15P. The zero-order valence-corrected chi connectivity index (χ0v) is 39.9. The van der Waals surface area contributed by atoms with Gasteiger partial charge in [-0.2, -0.15) is 0 Å². The molecule has 1 aliphatic rings. The standard InChI is InChI=1S/C49H83O15P/c1-3-5-7-9-11-13-15-17-18-19-20-21-23-25-27-29-31-35-43(53)63-39(38-62-65(59,60)64-49-47(57)45(55)44(54)46(56)48(49)58)37-61-42(52)36-32-34-41(51)40(50)33-30-28-26-24-22-16-14-12-10-8-6-4-2/h6,8,11-14,17-18,22,24,28,30,39-41,44-51,54-58H,3-5,7,9-10,15-16,19-21,23,25-27,29,31-38H2,1-2H3,(H,59,60)/b8-6-,13-11-,14-12-,18-17-,24-22-,30-28-/t39-,40+,41+,44?,45-,46+,47-,48-,49?/m1/s1. The quantitative estimate of drug-likeness (QED) is 0.0130. The van der Waals surface area contributed by atoms with Crippen molar-refractivity contribution in [1.82, 2.24) is 0 Å². The van der Waals surface area contributed by atoms with Gasteiger partial charge in [-0.25, -0.2) is 4.57 Å². The van der Waals surface area contributed by atoms with E-state index in [1.807, 2.05) is 12.2 Å². The Balaban J connectivity index is 2.56. The molecule has 3 unspecified atom stereocenters. The van der Waals surface area contributed by atoms with E-state index in [1.54, 1.807) is 6.08 Å². The molecule has 0 aliphatic heterocycles. The van der Waals surface area contributed by atoms with E-state index < -0.39 is 87.9 Å². The smallest absolute Gasteiger partial charge is 0.462 e. The van der Waals surface area contributed by atoms with Crippen LogP contribution >= 0.6 is 7.82 Å². The Bertz CT molecular complexity index is 1450. The lowest BCUT2D eigenvalue weighted by molar-refractivity contribution is -0.220. The lowest BCUT2D eigenvalue weighted by atomic mass is 9.85. The van der Waals surface area contributed by atoms with Crippen LogP contribution in [0.3, 0.4) is 0 Å². The van der Waals surface area contributed by atoms with E-state index >= 15 is 0 Å². The number of aliphatic hydroxyl groups excluding tert-OH is 7. The Kier molecular flexibility index (Phi) is 35.4. The fourth-order valence-corrected chi connectivity index (χ4v) is 7.73. The molecule has 0 spiro atoms. The summed E-state index contributed by atoms with van der Waals surface area (Å²) in [5.41, 5.74) is 0. The van der Waals surface area contributed by atoms with Crippen LogP contribution in [-0.2, 0) is 32.7 Å². The number of esters is 2. The molecule has 0 heterocycles. The first kappa shape index (κ1) is 60.2. The van der Waals surface area contributed by atoms with Crippen LogP contribution in [0.2, 0.25) is 0 Å². The second kappa shape index (κ2) is 38.2. The summed E-state index contributed by atoms with van der Waals surface area (Å²) in [5.74, 6) is -1.40. The van der Waals surface area contributed by atoms with Crippen molar-refractivity contribution in [1.29, 1.82) is 0 Å². The summed E-state index contributed by atoms with van der Waals surface area (Å²) in [4.78, 5) is 35.8. The van der Waals surface area contributed by atoms with E-state index in [0.717, 1.165) is 77.0 Å². The minimum atomic E-state index is -5.20. The minimum Gasteiger partial charge on any atom is -0.462 e. The van der Waals surface area contributed by atoms with Crippen molar-refractivity contribution < 1.29 is 73.3 Å². The van der Waals surface area contributed by atoms with Crippen LogP contribution in [-0.4, -0.2) is 121 Å². The van der Waals surface area contributed by atoms with Crippen molar-refractivity contribution in [2.75, 3.05) is 13.2 Å². The van der Waals surface area contributed by atoms with Gasteiger partial charge in [0.05, 0.1) is 18.8 Å². The summed E-state index contributed by atoms with van der Waals surface area (Å²) in [6, 6.07) is 0. The molecule has 1 aliphatic carbocycles. The van der Waals surface area contributed by atoms with Gasteiger partial charge >= 0.3 is 19.8 Å².